The minimum Gasteiger partial charge on any atom is -0.498 e. The summed E-state index contributed by atoms with van der Waals surface area (Å²) in [5.74, 6) is -0.0585. The minimum atomic E-state index is -0.0585. The zero-order chi connectivity index (χ0) is 13.3. The smallest absolute Gasteiger partial charge is 0.197 e. The van der Waals surface area contributed by atoms with Gasteiger partial charge in [0, 0.05) is 5.56 Å². The van der Waals surface area contributed by atoms with Gasteiger partial charge in [0.1, 0.15) is 5.69 Å². The number of aryl methyl sites for hydroxylation is 2. The number of ketones is 1. The number of hydrogen-bond acceptors (Lipinski definition) is 5. The van der Waals surface area contributed by atoms with Gasteiger partial charge < -0.3 is 10.8 Å². The van der Waals surface area contributed by atoms with Crippen LogP contribution in [0.2, 0.25) is 0 Å². The molecule has 2 rings (SSSR count). The van der Waals surface area contributed by atoms with Crippen LogP contribution in [0.3, 0.4) is 0 Å². The second-order valence-corrected chi connectivity index (χ2v) is 5.23. The van der Waals surface area contributed by atoms with Crippen molar-refractivity contribution in [3.63, 3.8) is 0 Å². The maximum absolute atomic E-state index is 12.2. The molecule has 0 aliphatic rings. The fraction of sp³-hybridized carbons (Fsp3) is 0.231. The molecular weight excluding hydrogens is 248 g/mol. The molecule has 0 saturated heterocycles. The highest BCUT2D eigenvalue weighted by molar-refractivity contribution is 7.17. The SMILES string of the molecule is Cc1ccc(C)c(C(=O)Cc2nc(N)sc2O)c1. The molecule has 0 spiro atoms. The number of aromatic nitrogens is 1. The van der Waals surface area contributed by atoms with Crippen LogP contribution in [-0.2, 0) is 6.42 Å². The molecule has 1 aromatic heterocycles. The van der Waals surface area contributed by atoms with Crippen LogP contribution in [0.4, 0.5) is 5.13 Å². The summed E-state index contributed by atoms with van der Waals surface area (Å²) in [6.45, 7) is 3.83. The van der Waals surface area contributed by atoms with Gasteiger partial charge in [-0.05, 0) is 25.5 Å². The van der Waals surface area contributed by atoms with Crippen molar-refractivity contribution in [1.29, 1.82) is 0 Å². The second-order valence-electron chi connectivity index (χ2n) is 4.22. The molecule has 0 radical (unpaired) electrons. The lowest BCUT2D eigenvalue weighted by atomic mass is 9.99. The number of thiazole rings is 1. The third-order valence-corrected chi connectivity index (χ3v) is 3.44. The van der Waals surface area contributed by atoms with Crippen molar-refractivity contribution in [2.45, 2.75) is 20.3 Å². The highest BCUT2D eigenvalue weighted by atomic mass is 32.1. The molecule has 0 atom stereocenters. The predicted molar refractivity (Wildman–Crippen MR) is 72.1 cm³/mol. The van der Waals surface area contributed by atoms with Gasteiger partial charge in [0.05, 0.1) is 6.42 Å². The number of carbonyl (C=O) groups excluding carboxylic acids is 1. The monoisotopic (exact) mass is 262 g/mol. The van der Waals surface area contributed by atoms with E-state index in [2.05, 4.69) is 4.98 Å². The highest BCUT2D eigenvalue weighted by Gasteiger charge is 2.15. The standard InChI is InChI=1S/C13H14N2O2S/c1-7-3-4-8(2)9(5-7)11(16)6-10-12(17)18-13(14)15-10/h3-5,17H,6H2,1-2H3,(H2,14,15). The Morgan fingerprint density at radius 2 is 2.17 bits per heavy atom. The number of rotatable bonds is 3. The van der Waals surface area contributed by atoms with E-state index in [-0.39, 0.29) is 22.4 Å². The first-order valence-corrected chi connectivity index (χ1v) is 6.33. The maximum atomic E-state index is 12.2. The van der Waals surface area contributed by atoms with Crippen LogP contribution in [-0.4, -0.2) is 15.9 Å². The van der Waals surface area contributed by atoms with Crippen molar-refractivity contribution in [2.75, 3.05) is 5.73 Å². The van der Waals surface area contributed by atoms with E-state index < -0.39 is 0 Å². The van der Waals surface area contributed by atoms with Gasteiger partial charge >= 0.3 is 0 Å². The van der Waals surface area contributed by atoms with Crippen molar-refractivity contribution >= 4 is 22.3 Å². The van der Waals surface area contributed by atoms with Crippen LogP contribution >= 0.6 is 11.3 Å². The summed E-state index contributed by atoms with van der Waals surface area (Å²) in [5, 5.41) is 9.87. The maximum Gasteiger partial charge on any atom is 0.197 e. The Morgan fingerprint density at radius 1 is 1.44 bits per heavy atom. The van der Waals surface area contributed by atoms with Gasteiger partial charge in [0.2, 0.25) is 0 Å². The molecule has 0 saturated carbocycles. The number of aromatic hydroxyl groups is 1. The average Bonchev–Trinajstić information content (AvgIpc) is 2.61. The van der Waals surface area contributed by atoms with Crippen molar-refractivity contribution in [3.8, 4) is 5.06 Å². The Hall–Kier alpha value is -1.88. The van der Waals surface area contributed by atoms with E-state index in [0.717, 1.165) is 22.5 Å². The van der Waals surface area contributed by atoms with Gasteiger partial charge in [-0.2, -0.15) is 0 Å². The summed E-state index contributed by atoms with van der Waals surface area (Å²) in [7, 11) is 0. The van der Waals surface area contributed by atoms with Crippen molar-refractivity contribution in [3.05, 3.63) is 40.6 Å². The van der Waals surface area contributed by atoms with Crippen molar-refractivity contribution < 1.29 is 9.90 Å². The molecule has 0 aliphatic carbocycles. The Labute approximate surface area is 109 Å². The Bertz CT molecular complexity index is 605. The summed E-state index contributed by atoms with van der Waals surface area (Å²) >= 11 is 0.984. The molecule has 2 aromatic rings. The molecule has 5 heteroatoms. The van der Waals surface area contributed by atoms with Crippen LogP contribution in [0.5, 0.6) is 5.06 Å². The lowest BCUT2D eigenvalue weighted by Gasteiger charge is -2.05. The van der Waals surface area contributed by atoms with Gasteiger partial charge in [0.15, 0.2) is 16.0 Å². The fourth-order valence-electron chi connectivity index (χ4n) is 1.76. The van der Waals surface area contributed by atoms with Crippen molar-refractivity contribution in [2.24, 2.45) is 0 Å². The minimum absolute atomic E-state index is 0.0196. The molecule has 1 aromatic carbocycles. The number of benzene rings is 1. The summed E-state index contributed by atoms with van der Waals surface area (Å²) < 4.78 is 0. The number of nitrogens with two attached hydrogens (primary N) is 1. The van der Waals surface area contributed by atoms with Crippen molar-refractivity contribution in [1.82, 2.24) is 4.98 Å². The average molecular weight is 262 g/mol. The largest absolute Gasteiger partial charge is 0.498 e. The Balaban J connectivity index is 2.27. The lowest BCUT2D eigenvalue weighted by Crippen LogP contribution is -2.06. The molecule has 0 fully saturated rings. The van der Waals surface area contributed by atoms with Gasteiger partial charge in [0.25, 0.3) is 0 Å². The topological polar surface area (TPSA) is 76.2 Å². The molecule has 3 N–H and O–H groups in total. The summed E-state index contributed by atoms with van der Waals surface area (Å²) in [5.41, 5.74) is 8.46. The highest BCUT2D eigenvalue weighted by Crippen LogP contribution is 2.28. The Morgan fingerprint density at radius 3 is 2.78 bits per heavy atom. The van der Waals surface area contributed by atoms with E-state index in [1.165, 1.54) is 0 Å². The summed E-state index contributed by atoms with van der Waals surface area (Å²) in [4.78, 5) is 16.1. The van der Waals surface area contributed by atoms with Gasteiger partial charge in [-0.15, -0.1) is 0 Å². The molecule has 0 amide bonds. The molecule has 0 bridgehead atoms. The summed E-state index contributed by atoms with van der Waals surface area (Å²) in [6.07, 6.45) is 0.0732. The first kappa shape index (κ1) is 12.6. The van der Waals surface area contributed by atoms with Crippen LogP contribution in [0.15, 0.2) is 18.2 Å². The quantitative estimate of drug-likeness (QED) is 0.833. The molecule has 0 aliphatic heterocycles. The zero-order valence-corrected chi connectivity index (χ0v) is 11.0. The molecular formula is C13H14N2O2S. The predicted octanol–water partition coefficient (Wildman–Crippen LogP) is 2.47. The van der Waals surface area contributed by atoms with Crippen LogP contribution in [0.1, 0.15) is 27.2 Å². The zero-order valence-electron chi connectivity index (χ0n) is 10.2. The second kappa shape index (κ2) is 4.78. The molecule has 1 heterocycles. The summed E-state index contributed by atoms with van der Waals surface area (Å²) in [6, 6.07) is 5.73. The van der Waals surface area contributed by atoms with E-state index in [9.17, 15) is 9.90 Å². The van der Waals surface area contributed by atoms with Crippen LogP contribution in [0, 0.1) is 13.8 Å². The van der Waals surface area contributed by atoms with Gasteiger partial charge in [-0.25, -0.2) is 4.98 Å². The van der Waals surface area contributed by atoms with Crippen LogP contribution in [0.25, 0.3) is 0 Å². The molecule has 0 unspecified atom stereocenters. The van der Waals surface area contributed by atoms with Crippen LogP contribution < -0.4 is 5.73 Å². The number of nitrogens with zero attached hydrogens (tertiary/aromatic N) is 1. The van der Waals surface area contributed by atoms with E-state index in [0.29, 0.717) is 11.3 Å². The molecule has 18 heavy (non-hydrogen) atoms. The normalized spacial score (nSPS) is 10.6. The van der Waals surface area contributed by atoms with E-state index in [1.807, 2.05) is 32.0 Å². The molecule has 94 valence electrons. The number of Topliss-reactive ketones (excluding diaryl/α,β-unsaturated/α-hetero) is 1. The molecule has 4 nitrogen and oxygen atoms in total. The van der Waals surface area contributed by atoms with E-state index >= 15 is 0 Å². The Kier molecular flexibility index (Phi) is 3.34. The fourth-order valence-corrected chi connectivity index (χ4v) is 2.35. The van der Waals surface area contributed by atoms with Gasteiger partial charge in [-0.3, -0.25) is 4.79 Å². The third kappa shape index (κ3) is 2.51. The van der Waals surface area contributed by atoms with E-state index in [4.69, 9.17) is 5.73 Å². The number of hydrogen-bond donors (Lipinski definition) is 2. The first-order chi connectivity index (χ1) is 8.47. The third-order valence-electron chi connectivity index (χ3n) is 2.71. The van der Waals surface area contributed by atoms with Gasteiger partial charge in [-0.1, -0.05) is 29.0 Å². The number of carbonyl (C=O) groups is 1. The number of nitrogen functional groups attached to an aromatic ring is 1. The lowest BCUT2D eigenvalue weighted by molar-refractivity contribution is 0.0990. The van der Waals surface area contributed by atoms with E-state index in [1.54, 1.807) is 0 Å². The number of anilines is 1. The first-order valence-electron chi connectivity index (χ1n) is 5.52.